The van der Waals surface area contributed by atoms with Crippen LogP contribution in [-0.2, 0) is 24.3 Å². The maximum Gasteiger partial charge on any atom is 0.267 e. The highest BCUT2D eigenvalue weighted by atomic mass is 16.5. The summed E-state index contributed by atoms with van der Waals surface area (Å²) in [5, 5.41) is 17.4. The largest absolute Gasteiger partial charge is 0.361 e. The number of hydrogen-bond acceptors (Lipinski definition) is 5. The molecule has 0 atom stereocenters. The van der Waals surface area contributed by atoms with Crippen molar-refractivity contribution < 1.29 is 10.0 Å². The Kier molecular flexibility index (Phi) is 6.51. The predicted octanol–water partition coefficient (Wildman–Crippen LogP) is 2.66. The van der Waals surface area contributed by atoms with Gasteiger partial charge < -0.3 is 10.3 Å². The van der Waals surface area contributed by atoms with Gasteiger partial charge in [-0.1, -0.05) is 30.3 Å². The van der Waals surface area contributed by atoms with Gasteiger partial charge in [-0.25, -0.2) is 15.1 Å². The second kappa shape index (κ2) is 9.84. The van der Waals surface area contributed by atoms with Crippen LogP contribution in [0.2, 0.25) is 0 Å². The van der Waals surface area contributed by atoms with Crippen molar-refractivity contribution in [3.05, 3.63) is 89.6 Å². The lowest BCUT2D eigenvalue weighted by Gasteiger charge is -2.06. The predicted molar refractivity (Wildman–Crippen MR) is 118 cm³/mol. The van der Waals surface area contributed by atoms with Gasteiger partial charge in [-0.2, -0.15) is 5.10 Å². The number of nitrogens with one attached hydrogen (secondary N) is 3. The smallest absolute Gasteiger partial charge is 0.267 e. The van der Waals surface area contributed by atoms with Crippen LogP contribution in [0.1, 0.15) is 22.3 Å². The number of H-pyrrole nitrogens is 1. The molecule has 0 radical (unpaired) electrons. The summed E-state index contributed by atoms with van der Waals surface area (Å²) >= 11 is 0. The van der Waals surface area contributed by atoms with Crippen LogP contribution < -0.4 is 10.8 Å². The molecule has 4 aromatic rings. The Labute approximate surface area is 179 Å². The third-order valence-corrected chi connectivity index (χ3v) is 5.06. The Hall–Kier alpha value is -3.75. The molecule has 1 amide bonds. The molecule has 0 saturated carbocycles. The van der Waals surface area contributed by atoms with Gasteiger partial charge in [0.2, 0.25) is 0 Å². The summed E-state index contributed by atoms with van der Waals surface area (Å²) in [5.74, 6) is -0.548. The van der Waals surface area contributed by atoms with Crippen LogP contribution in [0.15, 0.2) is 67.4 Å². The number of carbonyl (C=O) groups excluding carboxylic acids is 1. The Morgan fingerprint density at radius 1 is 1.16 bits per heavy atom. The molecule has 0 aliphatic rings. The number of nitrogens with zero attached hydrogens (tertiary/aromatic N) is 3. The van der Waals surface area contributed by atoms with Gasteiger partial charge in [0.05, 0.1) is 6.54 Å². The lowest BCUT2D eigenvalue weighted by atomic mass is 10.1. The molecule has 8 nitrogen and oxygen atoms in total. The number of amides is 1. The minimum absolute atomic E-state index is 0.548. The number of carbonyl (C=O) groups is 1. The number of rotatable bonds is 9. The quantitative estimate of drug-likeness (QED) is 0.145. The van der Waals surface area contributed by atoms with Crippen LogP contribution in [0, 0.1) is 0 Å². The van der Waals surface area contributed by atoms with Gasteiger partial charge >= 0.3 is 0 Å². The van der Waals surface area contributed by atoms with Gasteiger partial charge in [0.25, 0.3) is 5.91 Å². The molecule has 158 valence electrons. The maximum absolute atomic E-state index is 11.0. The lowest BCUT2D eigenvalue weighted by Crippen LogP contribution is -2.16. The fourth-order valence-electron chi connectivity index (χ4n) is 3.44. The van der Waals surface area contributed by atoms with Gasteiger partial charge in [-0.3, -0.25) is 10.0 Å². The molecule has 2 aromatic carbocycles. The van der Waals surface area contributed by atoms with Crippen molar-refractivity contribution in [1.82, 2.24) is 30.5 Å². The molecule has 31 heavy (non-hydrogen) atoms. The fourth-order valence-corrected chi connectivity index (χ4v) is 3.44. The van der Waals surface area contributed by atoms with E-state index in [1.165, 1.54) is 22.6 Å². The first-order chi connectivity index (χ1) is 15.2. The van der Waals surface area contributed by atoms with E-state index in [1.807, 2.05) is 28.9 Å². The third-order valence-electron chi connectivity index (χ3n) is 5.06. The normalized spacial score (nSPS) is 11.4. The van der Waals surface area contributed by atoms with Crippen LogP contribution in [0.25, 0.3) is 17.0 Å². The number of hydrogen-bond donors (Lipinski definition) is 4. The second-order valence-corrected chi connectivity index (χ2v) is 7.26. The van der Waals surface area contributed by atoms with E-state index in [0.29, 0.717) is 6.54 Å². The molecule has 0 unspecified atom stereocenters. The zero-order valence-corrected chi connectivity index (χ0v) is 17.0. The summed E-state index contributed by atoms with van der Waals surface area (Å²) in [6, 6.07) is 14.3. The average Bonchev–Trinajstić information content (AvgIpc) is 3.45. The van der Waals surface area contributed by atoms with E-state index in [-0.39, 0.29) is 0 Å². The molecular formula is C23H24N6O2. The Bertz CT molecular complexity index is 1160. The second-order valence-electron chi connectivity index (χ2n) is 7.26. The molecule has 0 saturated heterocycles. The van der Waals surface area contributed by atoms with Crippen LogP contribution in [-0.4, -0.2) is 37.4 Å². The van der Waals surface area contributed by atoms with Crippen LogP contribution in [0.5, 0.6) is 0 Å². The molecule has 0 aliphatic carbocycles. The number of benzene rings is 2. The average molecular weight is 416 g/mol. The van der Waals surface area contributed by atoms with Crippen molar-refractivity contribution in [3.63, 3.8) is 0 Å². The molecule has 4 rings (SSSR count). The van der Waals surface area contributed by atoms with Crippen molar-refractivity contribution in [3.8, 4) is 0 Å². The summed E-state index contributed by atoms with van der Waals surface area (Å²) in [7, 11) is 0. The van der Waals surface area contributed by atoms with E-state index < -0.39 is 5.91 Å². The molecule has 0 spiro atoms. The molecule has 2 heterocycles. The zero-order valence-electron chi connectivity index (χ0n) is 17.0. The van der Waals surface area contributed by atoms with E-state index in [2.05, 4.69) is 44.8 Å². The zero-order chi connectivity index (χ0) is 21.5. The number of fused-ring (bicyclic) bond motifs is 1. The molecule has 0 aliphatic heterocycles. The monoisotopic (exact) mass is 416 g/mol. The van der Waals surface area contributed by atoms with Crippen molar-refractivity contribution >= 4 is 22.9 Å². The van der Waals surface area contributed by atoms with E-state index in [9.17, 15) is 4.79 Å². The van der Waals surface area contributed by atoms with Gasteiger partial charge in [0, 0.05) is 29.7 Å². The highest BCUT2D eigenvalue weighted by Crippen LogP contribution is 2.20. The summed E-state index contributed by atoms with van der Waals surface area (Å²) in [4.78, 5) is 18.4. The van der Waals surface area contributed by atoms with E-state index >= 15 is 0 Å². The minimum Gasteiger partial charge on any atom is -0.361 e. The molecular weight excluding hydrogens is 392 g/mol. The van der Waals surface area contributed by atoms with Crippen LogP contribution in [0.3, 0.4) is 0 Å². The van der Waals surface area contributed by atoms with Gasteiger partial charge in [0.1, 0.15) is 12.7 Å². The molecule has 0 fully saturated rings. The summed E-state index contributed by atoms with van der Waals surface area (Å²) < 4.78 is 1.82. The summed E-state index contributed by atoms with van der Waals surface area (Å²) in [6.07, 6.45) is 9.20. The van der Waals surface area contributed by atoms with Gasteiger partial charge in [0.15, 0.2) is 0 Å². The van der Waals surface area contributed by atoms with Crippen LogP contribution in [0.4, 0.5) is 0 Å². The van der Waals surface area contributed by atoms with E-state index in [4.69, 9.17) is 5.21 Å². The highest BCUT2D eigenvalue weighted by Gasteiger charge is 2.06. The van der Waals surface area contributed by atoms with Gasteiger partial charge in [-0.05, 0) is 53.4 Å². The lowest BCUT2D eigenvalue weighted by molar-refractivity contribution is -0.124. The number of aromatic amines is 1. The topological polar surface area (TPSA) is 108 Å². The number of hydroxylamine groups is 1. The molecule has 8 heteroatoms. The minimum atomic E-state index is -0.548. The first-order valence-electron chi connectivity index (χ1n) is 10.0. The van der Waals surface area contributed by atoms with Gasteiger partial charge in [-0.15, -0.1) is 0 Å². The Balaban J connectivity index is 1.30. The number of aromatic nitrogens is 4. The van der Waals surface area contributed by atoms with Crippen molar-refractivity contribution in [2.45, 2.75) is 19.5 Å². The van der Waals surface area contributed by atoms with E-state index in [0.717, 1.165) is 36.2 Å². The fraction of sp³-hybridized carbons (Fsp3) is 0.174. The highest BCUT2D eigenvalue weighted by molar-refractivity contribution is 5.90. The van der Waals surface area contributed by atoms with Crippen LogP contribution >= 0.6 is 0 Å². The van der Waals surface area contributed by atoms with Crippen molar-refractivity contribution in [2.24, 2.45) is 0 Å². The molecule has 2 aromatic heterocycles. The molecule has 0 bridgehead atoms. The standard InChI is InChI=1S/C23H24N6O2/c30-23(28-31)8-6-17-1-3-18(4-2-17)12-24-10-9-20-13-26-22-7-5-19(11-21(20)22)14-29-16-25-15-27-29/h1-8,11,13,15-16,24,26,31H,9-10,12,14H2,(H,28,30)/b8-6+. The first-order valence-corrected chi connectivity index (χ1v) is 10.0. The summed E-state index contributed by atoms with van der Waals surface area (Å²) in [5.41, 5.74) is 7.24. The van der Waals surface area contributed by atoms with E-state index in [1.54, 1.807) is 24.2 Å². The van der Waals surface area contributed by atoms with Crippen molar-refractivity contribution in [2.75, 3.05) is 6.54 Å². The SMILES string of the molecule is O=C(/C=C/c1ccc(CNCCc2c[nH]c3ccc(Cn4cncn4)cc23)cc1)NO. The third kappa shape index (κ3) is 5.44. The van der Waals surface area contributed by atoms with Crippen molar-refractivity contribution in [1.29, 1.82) is 0 Å². The Morgan fingerprint density at radius 3 is 2.77 bits per heavy atom. The molecule has 4 N–H and O–H groups in total. The first kappa shape index (κ1) is 20.5. The Morgan fingerprint density at radius 2 is 2.00 bits per heavy atom. The summed E-state index contributed by atoms with van der Waals surface area (Å²) in [6.45, 7) is 2.33. The maximum atomic E-state index is 11.0.